The summed E-state index contributed by atoms with van der Waals surface area (Å²) in [7, 11) is 0. The summed E-state index contributed by atoms with van der Waals surface area (Å²) in [5.74, 6) is -4.99. The van der Waals surface area contributed by atoms with Crippen LogP contribution >= 0.6 is 0 Å². The zero-order valence-corrected chi connectivity index (χ0v) is 18.0. The van der Waals surface area contributed by atoms with Crippen molar-refractivity contribution in [1.29, 1.82) is 0 Å². The number of amides is 2. The first-order valence-electron chi connectivity index (χ1n) is 11.0. The minimum atomic E-state index is -3.51. The highest BCUT2D eigenvalue weighted by Crippen LogP contribution is 2.40. The van der Waals surface area contributed by atoms with Crippen molar-refractivity contribution < 1.29 is 22.8 Å². The fraction of sp³-hybridized carbons (Fsp3) is 0.375. The van der Waals surface area contributed by atoms with Gasteiger partial charge in [-0.3, -0.25) is 9.59 Å². The van der Waals surface area contributed by atoms with Gasteiger partial charge in [0, 0.05) is 24.4 Å². The van der Waals surface area contributed by atoms with Gasteiger partial charge in [-0.2, -0.15) is 13.9 Å². The van der Waals surface area contributed by atoms with E-state index in [9.17, 15) is 22.8 Å². The SMILES string of the molecule is CC(F)(F)C(=O)NC1CC(=O)N(c2ccc3c(cnn3-c3ccc(F)cc3)c2)C1CC1CC1. The molecule has 5 rings (SSSR count). The van der Waals surface area contributed by atoms with E-state index in [1.807, 2.05) is 12.1 Å². The molecule has 1 aliphatic heterocycles. The molecule has 3 aromatic rings. The number of carbonyl (C=O) groups is 2. The Hall–Kier alpha value is -3.36. The Bertz CT molecular complexity index is 1210. The Morgan fingerprint density at radius 2 is 1.85 bits per heavy atom. The molecule has 1 saturated carbocycles. The van der Waals surface area contributed by atoms with Crippen molar-refractivity contribution in [2.45, 2.75) is 50.6 Å². The van der Waals surface area contributed by atoms with Crippen LogP contribution in [0, 0.1) is 11.7 Å². The molecule has 2 heterocycles. The van der Waals surface area contributed by atoms with E-state index in [0.29, 0.717) is 30.6 Å². The van der Waals surface area contributed by atoms with Gasteiger partial charge in [0.25, 0.3) is 5.91 Å². The Kier molecular flexibility index (Phi) is 5.14. The zero-order valence-electron chi connectivity index (χ0n) is 18.0. The van der Waals surface area contributed by atoms with Crippen LogP contribution in [0.1, 0.15) is 32.6 Å². The van der Waals surface area contributed by atoms with E-state index >= 15 is 0 Å². The number of nitrogens with one attached hydrogen (secondary N) is 1. The third kappa shape index (κ3) is 4.19. The number of rotatable bonds is 6. The van der Waals surface area contributed by atoms with Crippen LogP contribution in [0.15, 0.2) is 48.7 Å². The maximum Gasteiger partial charge on any atom is 0.321 e. The van der Waals surface area contributed by atoms with Crippen LogP contribution in [-0.2, 0) is 9.59 Å². The molecule has 1 aromatic heterocycles. The van der Waals surface area contributed by atoms with Crippen molar-refractivity contribution in [2.24, 2.45) is 5.92 Å². The van der Waals surface area contributed by atoms with Crippen LogP contribution in [0.2, 0.25) is 0 Å². The summed E-state index contributed by atoms with van der Waals surface area (Å²) in [4.78, 5) is 26.5. The van der Waals surface area contributed by atoms with Crippen molar-refractivity contribution in [3.63, 3.8) is 0 Å². The number of fused-ring (bicyclic) bond motifs is 1. The highest BCUT2D eigenvalue weighted by Gasteiger charge is 2.46. The van der Waals surface area contributed by atoms with Crippen LogP contribution in [0.25, 0.3) is 16.6 Å². The van der Waals surface area contributed by atoms with Gasteiger partial charge in [0.2, 0.25) is 5.91 Å². The van der Waals surface area contributed by atoms with Gasteiger partial charge in [-0.05, 0) is 54.8 Å². The lowest BCUT2D eigenvalue weighted by Gasteiger charge is -2.29. The molecule has 0 bridgehead atoms. The van der Waals surface area contributed by atoms with Gasteiger partial charge < -0.3 is 10.2 Å². The molecular formula is C24H23F3N4O2. The number of benzene rings is 2. The first kappa shape index (κ1) is 21.5. The van der Waals surface area contributed by atoms with Crippen molar-refractivity contribution in [3.8, 4) is 5.69 Å². The molecule has 1 saturated heterocycles. The van der Waals surface area contributed by atoms with E-state index in [-0.39, 0.29) is 24.2 Å². The van der Waals surface area contributed by atoms with Crippen LogP contribution in [0.4, 0.5) is 18.9 Å². The summed E-state index contributed by atoms with van der Waals surface area (Å²) in [6.07, 6.45) is 4.36. The molecule has 2 fully saturated rings. The second kappa shape index (κ2) is 7.90. The molecule has 2 aliphatic rings. The molecule has 2 atom stereocenters. The zero-order chi connectivity index (χ0) is 23.3. The van der Waals surface area contributed by atoms with Gasteiger partial charge >= 0.3 is 5.92 Å². The predicted octanol–water partition coefficient (Wildman–Crippen LogP) is 4.21. The summed E-state index contributed by atoms with van der Waals surface area (Å²) < 4.78 is 41.9. The normalized spacial score (nSPS) is 21.1. The second-order valence-corrected chi connectivity index (χ2v) is 8.96. The summed E-state index contributed by atoms with van der Waals surface area (Å²) in [6, 6.07) is 10.4. The lowest BCUT2D eigenvalue weighted by molar-refractivity contribution is -0.143. The van der Waals surface area contributed by atoms with Crippen molar-refractivity contribution in [1.82, 2.24) is 15.1 Å². The molecule has 9 heteroatoms. The summed E-state index contributed by atoms with van der Waals surface area (Å²) >= 11 is 0. The third-order valence-corrected chi connectivity index (χ3v) is 6.35. The number of nitrogens with zero attached hydrogens (tertiary/aromatic N) is 3. The van der Waals surface area contributed by atoms with Crippen LogP contribution in [0.3, 0.4) is 0 Å². The van der Waals surface area contributed by atoms with Gasteiger partial charge in [0.05, 0.1) is 29.5 Å². The minimum Gasteiger partial charge on any atom is -0.346 e. The van der Waals surface area contributed by atoms with Gasteiger partial charge in [-0.1, -0.05) is 12.8 Å². The lowest BCUT2D eigenvalue weighted by atomic mass is 10.0. The summed E-state index contributed by atoms with van der Waals surface area (Å²) in [5, 5.41) is 7.57. The number of aromatic nitrogens is 2. The quantitative estimate of drug-likeness (QED) is 0.604. The second-order valence-electron chi connectivity index (χ2n) is 8.96. The first-order chi connectivity index (χ1) is 15.7. The smallest absolute Gasteiger partial charge is 0.321 e. The molecule has 2 aromatic carbocycles. The molecule has 2 unspecified atom stereocenters. The average Bonchev–Trinajstić information content (AvgIpc) is 3.40. The summed E-state index contributed by atoms with van der Waals surface area (Å²) in [6.45, 7) is 0.555. The molecule has 172 valence electrons. The summed E-state index contributed by atoms with van der Waals surface area (Å²) in [5.41, 5.74) is 2.12. The number of carbonyl (C=O) groups excluding carboxylic acids is 2. The third-order valence-electron chi connectivity index (χ3n) is 6.35. The van der Waals surface area contributed by atoms with E-state index in [2.05, 4.69) is 10.4 Å². The average molecular weight is 456 g/mol. The molecule has 6 nitrogen and oxygen atoms in total. The van der Waals surface area contributed by atoms with Crippen LogP contribution < -0.4 is 10.2 Å². The number of hydrogen-bond donors (Lipinski definition) is 1. The fourth-order valence-corrected chi connectivity index (χ4v) is 4.49. The van der Waals surface area contributed by atoms with Gasteiger partial charge in [-0.25, -0.2) is 9.07 Å². The molecule has 1 aliphatic carbocycles. The minimum absolute atomic E-state index is 0.0217. The number of anilines is 1. The number of halogens is 3. The van der Waals surface area contributed by atoms with E-state index in [0.717, 1.165) is 23.7 Å². The predicted molar refractivity (Wildman–Crippen MR) is 117 cm³/mol. The van der Waals surface area contributed by atoms with Crippen molar-refractivity contribution in [3.05, 3.63) is 54.5 Å². The standard InChI is InChI=1S/C24H23F3N4O2/c1-24(26,27)23(33)29-19-12-22(32)30(21(19)10-14-2-3-14)18-8-9-20-15(11-18)13-28-31(20)17-6-4-16(25)5-7-17/h4-9,11,13-14,19,21H,2-3,10,12H2,1H3,(H,29,33). The topological polar surface area (TPSA) is 67.2 Å². The molecular weight excluding hydrogens is 433 g/mol. The molecule has 33 heavy (non-hydrogen) atoms. The van der Waals surface area contributed by atoms with E-state index in [1.165, 1.54) is 12.1 Å². The number of hydrogen-bond acceptors (Lipinski definition) is 3. The van der Waals surface area contributed by atoms with Gasteiger partial charge in [0.15, 0.2) is 0 Å². The lowest BCUT2D eigenvalue weighted by Crippen LogP contribution is -2.49. The Morgan fingerprint density at radius 3 is 2.52 bits per heavy atom. The van der Waals surface area contributed by atoms with Gasteiger partial charge in [-0.15, -0.1) is 0 Å². The fourth-order valence-electron chi connectivity index (χ4n) is 4.49. The number of alkyl halides is 2. The van der Waals surface area contributed by atoms with Crippen LogP contribution in [-0.4, -0.2) is 39.6 Å². The van der Waals surface area contributed by atoms with Crippen LogP contribution in [0.5, 0.6) is 0 Å². The van der Waals surface area contributed by atoms with Crippen molar-refractivity contribution in [2.75, 3.05) is 4.90 Å². The van der Waals surface area contributed by atoms with E-state index in [1.54, 1.807) is 34.0 Å². The van der Waals surface area contributed by atoms with Crippen molar-refractivity contribution >= 4 is 28.4 Å². The highest BCUT2D eigenvalue weighted by molar-refractivity contribution is 6.00. The van der Waals surface area contributed by atoms with Gasteiger partial charge in [0.1, 0.15) is 5.82 Å². The highest BCUT2D eigenvalue weighted by atomic mass is 19.3. The maximum absolute atomic E-state index is 13.5. The molecule has 0 radical (unpaired) electrons. The largest absolute Gasteiger partial charge is 0.346 e. The van der Waals surface area contributed by atoms with E-state index < -0.39 is 17.9 Å². The monoisotopic (exact) mass is 456 g/mol. The Morgan fingerprint density at radius 1 is 1.15 bits per heavy atom. The molecule has 2 amide bonds. The maximum atomic E-state index is 13.5. The Labute approximate surface area is 188 Å². The molecule has 1 N–H and O–H groups in total. The Balaban J connectivity index is 1.46. The molecule has 0 spiro atoms. The van der Waals surface area contributed by atoms with E-state index in [4.69, 9.17) is 0 Å². The first-order valence-corrected chi connectivity index (χ1v) is 11.0.